The number of benzene rings is 1. The third kappa shape index (κ3) is 7.81. The van der Waals surface area contributed by atoms with E-state index in [9.17, 15) is 35.2 Å². The van der Waals surface area contributed by atoms with E-state index in [1.165, 1.54) is 23.1 Å². The minimum absolute atomic E-state index is 0.0542. The quantitative estimate of drug-likeness (QED) is 0.364. The Balaban J connectivity index is 1.81. The van der Waals surface area contributed by atoms with Gasteiger partial charge in [-0.2, -0.15) is 27.1 Å². The number of aromatic nitrogens is 2. The van der Waals surface area contributed by atoms with Crippen molar-refractivity contribution in [2.75, 3.05) is 12.8 Å². The lowest BCUT2D eigenvalue weighted by Gasteiger charge is -2.27. The first-order chi connectivity index (χ1) is 17.7. The third-order valence-electron chi connectivity index (χ3n) is 6.57. The smallest absolute Gasteiger partial charge is 0.389 e. The summed E-state index contributed by atoms with van der Waals surface area (Å²) in [6.45, 7) is -1.06. The van der Waals surface area contributed by atoms with Gasteiger partial charge in [-0.05, 0) is 62.6 Å². The van der Waals surface area contributed by atoms with Crippen molar-refractivity contribution < 1.29 is 39.9 Å². The number of nitrogens with zero attached hydrogens (tertiary/aromatic N) is 2. The highest BCUT2D eigenvalue weighted by Gasteiger charge is 2.30. The van der Waals surface area contributed by atoms with E-state index < -0.39 is 41.4 Å². The summed E-state index contributed by atoms with van der Waals surface area (Å²) < 4.78 is 93.6. The number of hydrogen-bond donors (Lipinski definition) is 1. The number of alkyl halides is 5. The van der Waals surface area contributed by atoms with Gasteiger partial charge in [0.05, 0.1) is 16.0 Å². The van der Waals surface area contributed by atoms with Crippen LogP contribution in [0.2, 0.25) is 5.02 Å². The molecule has 0 bridgehead atoms. The predicted molar refractivity (Wildman–Crippen MR) is 132 cm³/mol. The molecule has 1 fully saturated rings. The molecule has 0 unspecified atom stereocenters. The second-order valence-electron chi connectivity index (χ2n) is 9.33. The molecule has 7 nitrogen and oxygen atoms in total. The number of rotatable bonds is 10. The average Bonchev–Trinajstić information content (AvgIpc) is 3.16. The predicted octanol–water partition coefficient (Wildman–Crippen LogP) is 5.65. The van der Waals surface area contributed by atoms with Gasteiger partial charge in [0.15, 0.2) is 5.69 Å². The molecule has 0 aliphatic heterocycles. The third-order valence-corrected chi connectivity index (χ3v) is 8.61. The van der Waals surface area contributed by atoms with E-state index in [2.05, 4.69) is 15.2 Å². The highest BCUT2D eigenvalue weighted by atomic mass is 35.5. The molecule has 1 amide bonds. The Hall–Kier alpha value is -2.41. The Morgan fingerprint density at radius 2 is 1.89 bits per heavy atom. The Kier molecular flexibility index (Phi) is 9.66. The number of sulfone groups is 1. The van der Waals surface area contributed by atoms with Crippen LogP contribution in [0.15, 0.2) is 18.2 Å². The van der Waals surface area contributed by atoms with Gasteiger partial charge >= 0.3 is 12.8 Å². The molecule has 0 atom stereocenters. The van der Waals surface area contributed by atoms with Crippen LogP contribution in [-0.4, -0.2) is 54.9 Å². The summed E-state index contributed by atoms with van der Waals surface area (Å²) in [5.74, 6) is -0.892. The summed E-state index contributed by atoms with van der Waals surface area (Å²) >= 11 is 6.50. The summed E-state index contributed by atoms with van der Waals surface area (Å²) in [5.41, 5.74) is 0.172. The fraction of sp³-hybridized carbons (Fsp3) is 0.583. The van der Waals surface area contributed by atoms with Gasteiger partial charge in [0, 0.05) is 31.3 Å². The number of nitrogens with one attached hydrogen (secondary N) is 1. The van der Waals surface area contributed by atoms with E-state index in [0.29, 0.717) is 25.7 Å². The zero-order valence-corrected chi connectivity index (χ0v) is 22.4. The van der Waals surface area contributed by atoms with E-state index in [4.69, 9.17) is 11.6 Å². The maximum atomic E-state index is 13.2. The van der Waals surface area contributed by atoms with E-state index in [1.54, 1.807) is 6.92 Å². The van der Waals surface area contributed by atoms with Crippen LogP contribution in [0.5, 0.6) is 5.75 Å². The molecule has 3 rings (SSSR count). The molecule has 1 aliphatic rings. The molecule has 14 heteroatoms. The first-order valence-corrected chi connectivity index (χ1v) is 14.4. The number of carbonyl (C=O) groups excluding carboxylic acids is 1. The van der Waals surface area contributed by atoms with Crippen molar-refractivity contribution in [3.63, 3.8) is 0 Å². The topological polar surface area (TPSA) is 90.3 Å². The minimum Gasteiger partial charge on any atom is -0.434 e. The van der Waals surface area contributed by atoms with Crippen LogP contribution in [0.3, 0.4) is 0 Å². The summed E-state index contributed by atoms with van der Waals surface area (Å²) in [6.07, 6.45) is -2.45. The van der Waals surface area contributed by atoms with Crippen LogP contribution < -0.4 is 10.1 Å². The zero-order valence-electron chi connectivity index (χ0n) is 20.8. The lowest BCUT2D eigenvalue weighted by molar-refractivity contribution is -0.134. The first-order valence-electron chi connectivity index (χ1n) is 12.1. The minimum atomic E-state index is -4.41. The molecule has 1 heterocycles. The van der Waals surface area contributed by atoms with E-state index >= 15 is 0 Å². The summed E-state index contributed by atoms with van der Waals surface area (Å²) in [6, 6.07) is 3.78. The lowest BCUT2D eigenvalue weighted by Crippen LogP contribution is -2.34. The van der Waals surface area contributed by atoms with Crippen molar-refractivity contribution in [1.29, 1.82) is 0 Å². The van der Waals surface area contributed by atoms with Crippen LogP contribution in [0.4, 0.5) is 22.0 Å². The van der Waals surface area contributed by atoms with Crippen LogP contribution in [0.1, 0.15) is 55.1 Å². The Morgan fingerprint density at radius 1 is 1.24 bits per heavy atom. The van der Waals surface area contributed by atoms with Crippen molar-refractivity contribution in [3.05, 3.63) is 34.5 Å². The highest BCUT2D eigenvalue weighted by molar-refractivity contribution is 7.91. The van der Waals surface area contributed by atoms with Crippen LogP contribution in [0.25, 0.3) is 11.3 Å². The standard InChI is InChI=1S/C24H29ClF5N3O4S/c1-3-33-21(17-9-6-14(10-11-24(28,29)30)12-18(17)37-23(26)27)19(25)20(32-33)22(34)31-13-15-4-7-16(8-5-15)38(2,35)36/h6,9,12,15-16,23H,3-5,7-8,10-11,13H2,1-2H3,(H,31,34). The van der Waals surface area contributed by atoms with E-state index in [1.807, 2.05) is 0 Å². The molecule has 1 N–H and O–H groups in total. The molecule has 0 radical (unpaired) electrons. The van der Waals surface area contributed by atoms with Crippen LogP contribution >= 0.6 is 11.6 Å². The van der Waals surface area contributed by atoms with Gasteiger partial charge < -0.3 is 10.1 Å². The van der Waals surface area contributed by atoms with Crippen molar-refractivity contribution in [3.8, 4) is 17.0 Å². The SMILES string of the molecule is CCn1nc(C(=O)NCC2CCC(S(C)(=O)=O)CC2)c(Cl)c1-c1ccc(CCC(F)(F)F)cc1OC(F)F. The van der Waals surface area contributed by atoms with E-state index in [0.717, 1.165) is 6.07 Å². The molecule has 1 saturated carbocycles. The van der Waals surface area contributed by atoms with Crippen molar-refractivity contribution in [1.82, 2.24) is 15.1 Å². The van der Waals surface area contributed by atoms with Gasteiger partial charge in [-0.3, -0.25) is 9.48 Å². The van der Waals surface area contributed by atoms with Gasteiger partial charge in [0.1, 0.15) is 15.6 Å². The largest absolute Gasteiger partial charge is 0.434 e. The fourth-order valence-electron chi connectivity index (χ4n) is 4.55. The van der Waals surface area contributed by atoms with Gasteiger partial charge in [0.25, 0.3) is 5.91 Å². The monoisotopic (exact) mass is 585 g/mol. The Bertz CT molecular complexity index is 1240. The van der Waals surface area contributed by atoms with Crippen molar-refractivity contribution >= 4 is 27.3 Å². The average molecular weight is 586 g/mol. The number of ether oxygens (including phenoxy) is 1. The normalized spacial score (nSPS) is 18.6. The van der Waals surface area contributed by atoms with Gasteiger partial charge in [0.2, 0.25) is 0 Å². The fourth-order valence-corrected chi connectivity index (χ4v) is 6.01. The van der Waals surface area contributed by atoms with Gasteiger partial charge in [-0.25, -0.2) is 8.42 Å². The maximum absolute atomic E-state index is 13.2. The molecule has 1 aromatic heterocycles. The van der Waals surface area contributed by atoms with Crippen LogP contribution in [0, 0.1) is 5.92 Å². The molecule has 1 aromatic carbocycles. The molecular formula is C24H29ClF5N3O4S. The maximum Gasteiger partial charge on any atom is 0.389 e. The molecule has 1 aliphatic carbocycles. The number of hydrogen-bond acceptors (Lipinski definition) is 5. The molecule has 38 heavy (non-hydrogen) atoms. The number of aryl methyl sites for hydroxylation is 2. The lowest BCUT2D eigenvalue weighted by atomic mass is 9.89. The highest BCUT2D eigenvalue weighted by Crippen LogP contribution is 2.39. The molecule has 2 aromatic rings. The summed E-state index contributed by atoms with van der Waals surface area (Å²) in [4.78, 5) is 12.9. The Morgan fingerprint density at radius 3 is 2.45 bits per heavy atom. The van der Waals surface area contributed by atoms with Crippen LogP contribution in [-0.2, 0) is 22.8 Å². The Labute approximate surface area is 222 Å². The molecule has 212 valence electrons. The molecular weight excluding hydrogens is 557 g/mol. The van der Waals surface area contributed by atoms with E-state index in [-0.39, 0.29) is 57.5 Å². The number of carbonyl (C=O) groups is 1. The summed E-state index contributed by atoms with van der Waals surface area (Å²) in [7, 11) is -3.11. The molecule has 0 spiro atoms. The summed E-state index contributed by atoms with van der Waals surface area (Å²) in [5, 5.41) is 6.49. The van der Waals surface area contributed by atoms with Gasteiger partial charge in [-0.15, -0.1) is 0 Å². The zero-order chi connectivity index (χ0) is 28.3. The number of halogens is 6. The molecule has 0 saturated heterocycles. The van der Waals surface area contributed by atoms with Gasteiger partial charge in [-0.1, -0.05) is 17.7 Å². The number of amides is 1. The van der Waals surface area contributed by atoms with Crippen molar-refractivity contribution in [2.45, 2.75) is 70.0 Å². The first kappa shape index (κ1) is 30.1. The second kappa shape index (κ2) is 12.2. The van der Waals surface area contributed by atoms with Crippen molar-refractivity contribution in [2.24, 2.45) is 5.92 Å². The second-order valence-corrected chi connectivity index (χ2v) is 12.0.